The maximum atomic E-state index is 12.6. The fourth-order valence-corrected chi connectivity index (χ4v) is 3.02. The molecule has 4 nitrogen and oxygen atoms in total. The third kappa shape index (κ3) is 2.64. The van der Waals surface area contributed by atoms with E-state index in [2.05, 4.69) is 5.32 Å². The Morgan fingerprint density at radius 2 is 2.18 bits per heavy atom. The van der Waals surface area contributed by atoms with Crippen molar-refractivity contribution in [3.8, 4) is 0 Å². The summed E-state index contributed by atoms with van der Waals surface area (Å²) in [5.41, 5.74) is 2.38. The zero-order valence-corrected chi connectivity index (χ0v) is 13.2. The van der Waals surface area contributed by atoms with Gasteiger partial charge in [-0.15, -0.1) is 11.6 Å². The maximum absolute atomic E-state index is 12.6. The van der Waals surface area contributed by atoms with Crippen LogP contribution in [0.2, 0.25) is 5.02 Å². The average molecular weight is 337 g/mol. The first kappa shape index (κ1) is 15.1. The van der Waals surface area contributed by atoms with Gasteiger partial charge in [0.25, 0.3) is 5.91 Å². The molecule has 1 aliphatic carbocycles. The lowest BCUT2D eigenvalue weighted by Gasteiger charge is -2.26. The monoisotopic (exact) mass is 336 g/mol. The van der Waals surface area contributed by atoms with Gasteiger partial charge in [-0.2, -0.15) is 0 Å². The molecule has 1 aliphatic heterocycles. The van der Waals surface area contributed by atoms with E-state index in [1.165, 1.54) is 0 Å². The number of allylic oxidation sites excluding steroid dienone is 2. The molecule has 3 rings (SSSR count). The van der Waals surface area contributed by atoms with Gasteiger partial charge in [-0.3, -0.25) is 14.5 Å². The number of nitrogens with one attached hydrogen (secondary N) is 1. The van der Waals surface area contributed by atoms with Gasteiger partial charge < -0.3 is 5.32 Å². The highest BCUT2D eigenvalue weighted by atomic mass is 35.5. The smallest absolute Gasteiger partial charge is 0.253 e. The molecule has 0 bridgehead atoms. The molecule has 1 aromatic carbocycles. The van der Waals surface area contributed by atoms with Gasteiger partial charge >= 0.3 is 0 Å². The number of amides is 2. The van der Waals surface area contributed by atoms with Crippen LogP contribution in [-0.2, 0) is 9.59 Å². The van der Waals surface area contributed by atoms with E-state index in [1.54, 1.807) is 23.1 Å². The summed E-state index contributed by atoms with van der Waals surface area (Å²) in [6.45, 7) is 0. The van der Waals surface area contributed by atoms with Gasteiger partial charge in [-0.1, -0.05) is 17.7 Å². The number of alkyl halides is 1. The lowest BCUT2D eigenvalue weighted by Crippen LogP contribution is -2.31. The molecule has 2 amide bonds. The minimum atomic E-state index is -0.191. The number of fused-ring (bicyclic) bond motifs is 1. The molecule has 114 valence electrons. The molecular formula is C16H14Cl2N2O2. The van der Waals surface area contributed by atoms with E-state index in [1.807, 2.05) is 12.2 Å². The zero-order chi connectivity index (χ0) is 15.7. The lowest BCUT2D eigenvalue weighted by molar-refractivity contribution is -0.117. The number of carbonyl (C=O) groups is 2. The maximum Gasteiger partial charge on any atom is 0.253 e. The number of hydrogen-bond acceptors (Lipinski definition) is 2. The summed E-state index contributed by atoms with van der Waals surface area (Å²) in [4.78, 5) is 26.6. The molecule has 0 atom stereocenters. The summed E-state index contributed by atoms with van der Waals surface area (Å²) < 4.78 is 0. The highest BCUT2D eigenvalue weighted by Crippen LogP contribution is 2.38. The molecular weight excluding hydrogens is 323 g/mol. The predicted molar refractivity (Wildman–Crippen MR) is 88.3 cm³/mol. The first-order valence-electron chi connectivity index (χ1n) is 7.01. The fraction of sp³-hybridized carbons (Fsp3) is 0.250. The van der Waals surface area contributed by atoms with E-state index in [0.717, 1.165) is 6.42 Å². The van der Waals surface area contributed by atoms with Crippen molar-refractivity contribution >= 4 is 46.4 Å². The minimum absolute atomic E-state index is 0.144. The second-order valence-corrected chi connectivity index (χ2v) is 5.90. The van der Waals surface area contributed by atoms with Gasteiger partial charge in [0.2, 0.25) is 5.91 Å². The van der Waals surface area contributed by atoms with Crippen LogP contribution < -0.4 is 10.2 Å². The second kappa shape index (κ2) is 6.15. The van der Waals surface area contributed by atoms with E-state index in [4.69, 9.17) is 23.2 Å². The van der Waals surface area contributed by atoms with E-state index >= 15 is 0 Å². The second-order valence-electron chi connectivity index (χ2n) is 5.09. The van der Waals surface area contributed by atoms with Crippen LogP contribution in [0.5, 0.6) is 0 Å². The van der Waals surface area contributed by atoms with Crippen molar-refractivity contribution in [2.75, 3.05) is 16.1 Å². The van der Waals surface area contributed by atoms with Crippen LogP contribution in [0.1, 0.15) is 19.3 Å². The number of rotatable bonds is 2. The Kier molecular flexibility index (Phi) is 4.23. The Balaban J connectivity index is 2.19. The molecule has 0 fully saturated rings. The number of carbonyl (C=O) groups excluding carboxylic acids is 2. The van der Waals surface area contributed by atoms with Crippen molar-refractivity contribution in [1.82, 2.24) is 0 Å². The van der Waals surface area contributed by atoms with Crippen molar-refractivity contribution in [1.29, 1.82) is 0 Å². The molecule has 1 N–H and O–H groups in total. The molecule has 0 saturated carbocycles. The largest absolute Gasteiger partial charge is 0.320 e. The van der Waals surface area contributed by atoms with Crippen molar-refractivity contribution in [3.63, 3.8) is 0 Å². The molecule has 6 heteroatoms. The van der Waals surface area contributed by atoms with Gasteiger partial charge in [-0.25, -0.2) is 0 Å². The average Bonchev–Trinajstić information content (AvgIpc) is 2.61. The first-order valence-corrected chi connectivity index (χ1v) is 7.92. The summed E-state index contributed by atoms with van der Waals surface area (Å²) in [5.74, 6) is -0.107. The standard InChI is InChI=1S/C16H14Cl2N2O2/c17-8-7-15(21)20-13-4-2-1-3-11(13)16(22)19-12-9-10(18)5-6-14(12)20/h2,4-6,9H,1,3,7-8H2,(H,19,22). The third-order valence-corrected chi connectivity index (χ3v) is 4.09. The molecule has 1 aromatic rings. The highest BCUT2D eigenvalue weighted by Gasteiger charge is 2.31. The van der Waals surface area contributed by atoms with E-state index < -0.39 is 0 Å². The van der Waals surface area contributed by atoms with Gasteiger partial charge in [-0.05, 0) is 37.1 Å². The molecule has 0 saturated heterocycles. The number of anilines is 2. The third-order valence-electron chi connectivity index (χ3n) is 3.67. The van der Waals surface area contributed by atoms with Crippen molar-refractivity contribution in [3.05, 3.63) is 46.6 Å². The molecule has 2 aliphatic rings. The quantitative estimate of drug-likeness (QED) is 0.833. The van der Waals surface area contributed by atoms with E-state index in [-0.39, 0.29) is 24.1 Å². The number of halogens is 2. The van der Waals surface area contributed by atoms with Gasteiger partial charge in [0.15, 0.2) is 0 Å². The Bertz CT molecular complexity index is 710. The summed E-state index contributed by atoms with van der Waals surface area (Å²) in [6.07, 6.45) is 5.37. The van der Waals surface area contributed by atoms with Crippen LogP contribution in [0.15, 0.2) is 41.6 Å². The molecule has 1 heterocycles. The summed E-state index contributed by atoms with van der Waals surface area (Å²) >= 11 is 11.7. The normalized spacial score (nSPS) is 16.8. The highest BCUT2D eigenvalue weighted by molar-refractivity contribution is 6.31. The van der Waals surface area contributed by atoms with Crippen LogP contribution in [0, 0.1) is 0 Å². The lowest BCUT2D eigenvalue weighted by atomic mass is 10.0. The number of benzene rings is 1. The Morgan fingerprint density at radius 3 is 2.95 bits per heavy atom. The zero-order valence-electron chi connectivity index (χ0n) is 11.7. The molecule has 0 aromatic heterocycles. The molecule has 0 radical (unpaired) electrons. The summed E-state index contributed by atoms with van der Waals surface area (Å²) in [6, 6.07) is 5.09. The number of hydrogen-bond donors (Lipinski definition) is 1. The molecule has 0 spiro atoms. The topological polar surface area (TPSA) is 49.4 Å². The van der Waals surface area contributed by atoms with Crippen molar-refractivity contribution < 1.29 is 9.59 Å². The first-order chi connectivity index (χ1) is 10.6. The van der Waals surface area contributed by atoms with Crippen LogP contribution in [0.4, 0.5) is 11.4 Å². The Morgan fingerprint density at radius 1 is 1.36 bits per heavy atom. The van der Waals surface area contributed by atoms with E-state index in [0.29, 0.717) is 34.1 Å². The predicted octanol–water partition coefficient (Wildman–Crippen LogP) is 3.86. The van der Waals surface area contributed by atoms with Gasteiger partial charge in [0.1, 0.15) is 0 Å². The van der Waals surface area contributed by atoms with Crippen LogP contribution >= 0.6 is 23.2 Å². The number of nitrogens with zero attached hydrogens (tertiary/aromatic N) is 1. The summed E-state index contributed by atoms with van der Waals surface area (Å²) in [5, 5.41) is 3.35. The van der Waals surface area contributed by atoms with Crippen LogP contribution in [0.3, 0.4) is 0 Å². The summed E-state index contributed by atoms with van der Waals surface area (Å²) in [7, 11) is 0. The van der Waals surface area contributed by atoms with Crippen molar-refractivity contribution in [2.24, 2.45) is 0 Å². The van der Waals surface area contributed by atoms with Crippen LogP contribution in [0.25, 0.3) is 0 Å². The molecule has 22 heavy (non-hydrogen) atoms. The fourth-order valence-electron chi connectivity index (χ4n) is 2.68. The minimum Gasteiger partial charge on any atom is -0.320 e. The van der Waals surface area contributed by atoms with E-state index in [9.17, 15) is 9.59 Å². The van der Waals surface area contributed by atoms with Crippen molar-refractivity contribution in [2.45, 2.75) is 19.3 Å². The Hall–Kier alpha value is -1.78. The van der Waals surface area contributed by atoms with Gasteiger partial charge in [0, 0.05) is 22.9 Å². The molecule has 0 unspecified atom stereocenters. The van der Waals surface area contributed by atoms with Crippen LogP contribution in [-0.4, -0.2) is 17.7 Å². The Labute approximate surface area is 138 Å². The van der Waals surface area contributed by atoms with Gasteiger partial charge in [0.05, 0.1) is 17.1 Å². The SMILES string of the molecule is O=C1Nc2cc(Cl)ccc2N(C(=O)CCCl)C2=C1CCC=C2.